The third-order valence-electron chi connectivity index (χ3n) is 11.5. The van der Waals surface area contributed by atoms with E-state index in [0.717, 1.165) is 18.3 Å². The Bertz CT molecular complexity index is 1170. The summed E-state index contributed by atoms with van der Waals surface area (Å²) in [6.45, 7) is 2.59. The van der Waals surface area contributed by atoms with Crippen LogP contribution in [0.1, 0.15) is 76.2 Å². The number of nitrogens with zero attached hydrogens (tertiary/aromatic N) is 1. The van der Waals surface area contributed by atoms with Gasteiger partial charge in [0.25, 0.3) is 0 Å². The highest BCUT2D eigenvalue weighted by molar-refractivity contribution is 5.72. The highest BCUT2D eigenvalue weighted by Gasteiger charge is 2.71. The van der Waals surface area contributed by atoms with Gasteiger partial charge in [0.15, 0.2) is 6.29 Å². The van der Waals surface area contributed by atoms with Crippen LogP contribution < -0.4 is 5.63 Å². The molecule has 4 saturated carbocycles. The first kappa shape index (κ1) is 32.8. The van der Waals surface area contributed by atoms with Gasteiger partial charge in [0, 0.05) is 38.7 Å². The van der Waals surface area contributed by atoms with E-state index in [-0.39, 0.29) is 36.2 Å². The van der Waals surface area contributed by atoms with Crippen LogP contribution in [0.25, 0.3) is 0 Å². The lowest BCUT2D eigenvalue weighted by Gasteiger charge is -2.65. The fourth-order valence-electron chi connectivity index (χ4n) is 9.34. The van der Waals surface area contributed by atoms with Crippen molar-refractivity contribution >= 4 is 12.3 Å². The van der Waals surface area contributed by atoms with Gasteiger partial charge in [-0.15, -0.1) is 0 Å². The number of aldehydes is 1. The summed E-state index contributed by atoms with van der Waals surface area (Å²) in [7, 11) is 4.86. The molecule has 5 rings (SSSR count). The highest BCUT2D eigenvalue weighted by atomic mass is 16.7. The second kappa shape index (κ2) is 12.1. The summed E-state index contributed by atoms with van der Waals surface area (Å²) in [6.07, 6.45) is 6.41. The fourth-order valence-corrected chi connectivity index (χ4v) is 9.34. The summed E-state index contributed by atoms with van der Waals surface area (Å²) in [5.74, 6) is -0.639. The number of carbonyl (C=O) groups excluding carboxylic acids is 2. The molecule has 42 heavy (non-hydrogen) atoms. The van der Waals surface area contributed by atoms with Crippen LogP contribution >= 0.6 is 0 Å². The third-order valence-corrected chi connectivity index (χ3v) is 11.5. The van der Waals surface area contributed by atoms with E-state index in [1.165, 1.54) is 26.5 Å². The first-order chi connectivity index (χ1) is 19.4. The molecule has 8 atom stereocenters. The number of rotatable bonds is 9. The molecule has 0 radical (unpaired) electrons. The van der Waals surface area contributed by atoms with Crippen molar-refractivity contribution in [2.45, 2.75) is 94.2 Å². The Morgan fingerprint density at radius 2 is 1.81 bits per heavy atom. The number of fused-ring (bicyclic) bond motifs is 5. The van der Waals surface area contributed by atoms with Gasteiger partial charge in [0.2, 0.25) is 0 Å². The smallest absolute Gasteiger partial charge is 0.335 e. The van der Waals surface area contributed by atoms with Crippen molar-refractivity contribution in [3.8, 4) is 0 Å². The second-order valence-corrected chi connectivity index (χ2v) is 13.3. The van der Waals surface area contributed by atoms with Crippen LogP contribution in [0.2, 0.25) is 0 Å². The predicted molar refractivity (Wildman–Crippen MR) is 152 cm³/mol. The highest BCUT2D eigenvalue weighted by Crippen LogP contribution is 2.71. The van der Waals surface area contributed by atoms with E-state index < -0.39 is 46.0 Å². The van der Waals surface area contributed by atoms with Crippen molar-refractivity contribution in [3.05, 3.63) is 34.4 Å². The van der Waals surface area contributed by atoms with E-state index in [2.05, 4.69) is 6.92 Å². The lowest BCUT2D eigenvalue weighted by atomic mass is 9.41. The predicted octanol–water partition coefficient (Wildman–Crippen LogP) is 1.81. The van der Waals surface area contributed by atoms with Crippen molar-refractivity contribution in [1.29, 1.82) is 0 Å². The topological polar surface area (TPSA) is 167 Å². The van der Waals surface area contributed by atoms with Gasteiger partial charge in [-0.25, -0.2) is 4.79 Å². The van der Waals surface area contributed by atoms with Gasteiger partial charge in [-0.2, -0.15) is 0 Å². The lowest BCUT2D eigenvalue weighted by Crippen LogP contribution is -2.68. The minimum atomic E-state index is -1.30. The van der Waals surface area contributed by atoms with E-state index in [1.54, 1.807) is 18.0 Å². The molecule has 236 valence electrons. The zero-order valence-electron chi connectivity index (χ0n) is 25.2. The Labute approximate surface area is 246 Å². The number of hydrogen-bond donors (Lipinski definition) is 2. The molecule has 0 saturated heterocycles. The van der Waals surface area contributed by atoms with Crippen LogP contribution in [0.4, 0.5) is 0 Å². The monoisotopic (exact) mass is 593 g/mol. The van der Waals surface area contributed by atoms with Crippen LogP contribution in [-0.2, 0) is 23.8 Å². The number of hydrogen-bond acceptors (Lipinski definition) is 10. The zero-order chi connectivity index (χ0) is 29.6. The summed E-state index contributed by atoms with van der Waals surface area (Å²) in [5, 5.41) is 24.5. The third kappa shape index (κ3) is 5.16. The maximum absolute atomic E-state index is 13.0. The standard InChI is InChI=1S/C31H45NO9.H2O/c1-28-11-8-23-24(31(28,37)14-10-22(28)20-5-6-25(34)40-18-20)9-13-30(36)15-21(7-12-29(23,30)19-33)41-26(35)16-32(2)17-27(38-3)39-4;/h5-6,18-19,21-24,27,36-37H,7-17H2,1-4H3;1H2. The normalized spacial score (nSPS) is 39.1. The number of esters is 1. The Morgan fingerprint density at radius 3 is 2.45 bits per heavy atom. The largest absolute Gasteiger partial charge is 0.461 e. The van der Waals surface area contributed by atoms with Crippen LogP contribution in [0.3, 0.4) is 0 Å². The molecule has 8 unspecified atom stereocenters. The van der Waals surface area contributed by atoms with Gasteiger partial charge in [0.05, 0.1) is 29.4 Å². The first-order valence-electron chi connectivity index (χ1n) is 14.9. The second-order valence-electron chi connectivity index (χ2n) is 13.3. The van der Waals surface area contributed by atoms with Crippen LogP contribution in [-0.4, -0.2) is 90.8 Å². The molecule has 0 aliphatic heterocycles. The summed E-state index contributed by atoms with van der Waals surface area (Å²) in [6, 6.07) is 3.24. The minimum Gasteiger partial charge on any atom is -0.461 e. The molecule has 4 aliphatic carbocycles. The first-order valence-corrected chi connectivity index (χ1v) is 14.9. The molecule has 1 aromatic heterocycles. The molecule has 0 aromatic carbocycles. The Morgan fingerprint density at radius 1 is 1.10 bits per heavy atom. The molecule has 4 aliphatic rings. The van der Waals surface area contributed by atoms with Crippen molar-refractivity contribution in [3.63, 3.8) is 0 Å². The molecular weight excluding hydrogens is 546 g/mol. The maximum atomic E-state index is 13.0. The van der Waals surface area contributed by atoms with Crippen LogP contribution in [0.5, 0.6) is 0 Å². The minimum absolute atomic E-state index is 0. The molecule has 4 N–H and O–H groups in total. The molecule has 1 heterocycles. The number of methoxy groups -OCH3 is 2. The van der Waals surface area contributed by atoms with Crippen molar-refractivity contribution in [2.75, 3.05) is 34.4 Å². The summed E-state index contributed by atoms with van der Waals surface area (Å²) in [4.78, 5) is 39.0. The van der Waals surface area contributed by atoms with Gasteiger partial charge in [-0.1, -0.05) is 6.92 Å². The Hall–Kier alpha value is -2.15. The molecule has 0 spiro atoms. The fraction of sp³-hybridized carbons (Fsp3) is 0.774. The van der Waals surface area contributed by atoms with Crippen LogP contribution in [0, 0.1) is 22.7 Å². The Kier molecular flexibility index (Phi) is 9.43. The number of ether oxygens (including phenoxy) is 3. The maximum Gasteiger partial charge on any atom is 0.335 e. The summed E-state index contributed by atoms with van der Waals surface area (Å²) in [5.41, 5.74) is -3.19. The van der Waals surface area contributed by atoms with Crippen LogP contribution in [0.15, 0.2) is 27.6 Å². The molecule has 11 heteroatoms. The van der Waals surface area contributed by atoms with Crippen molar-refractivity contribution in [1.82, 2.24) is 4.90 Å². The molecule has 1 aromatic rings. The van der Waals surface area contributed by atoms with Gasteiger partial charge >= 0.3 is 11.6 Å². The summed E-state index contributed by atoms with van der Waals surface area (Å²) >= 11 is 0. The SMILES string of the molecule is COC(CN(C)CC(=O)OC1CCC2(C=O)C3CCC4(C)C(c5ccc(=O)oc5)CCC4(O)C3CCC2(O)C1)OC.O. The lowest BCUT2D eigenvalue weighted by molar-refractivity contribution is -0.248. The number of likely N-dealkylation sites (N-methyl/N-ethyl adjacent to an activating group) is 1. The van der Waals surface area contributed by atoms with E-state index in [1.807, 2.05) is 0 Å². The number of aliphatic hydroxyl groups is 2. The molecular formula is C31H47NO10. The van der Waals surface area contributed by atoms with Crippen molar-refractivity contribution in [2.24, 2.45) is 22.7 Å². The molecule has 0 bridgehead atoms. The van der Waals surface area contributed by atoms with E-state index in [0.29, 0.717) is 51.5 Å². The van der Waals surface area contributed by atoms with Crippen molar-refractivity contribution < 1.29 is 43.9 Å². The van der Waals surface area contributed by atoms with E-state index in [9.17, 15) is 24.6 Å². The quantitative estimate of drug-likeness (QED) is 0.245. The Balaban J connectivity index is 0.00000405. The average Bonchev–Trinajstić information content (AvgIpc) is 3.22. The number of carbonyl (C=O) groups is 2. The van der Waals surface area contributed by atoms with Gasteiger partial charge < -0.3 is 39.1 Å². The van der Waals surface area contributed by atoms with E-state index >= 15 is 0 Å². The average molecular weight is 594 g/mol. The van der Waals surface area contributed by atoms with Gasteiger partial charge in [-0.05, 0) is 87.8 Å². The molecule has 11 nitrogen and oxygen atoms in total. The van der Waals surface area contributed by atoms with Gasteiger partial charge in [0.1, 0.15) is 12.4 Å². The van der Waals surface area contributed by atoms with E-state index in [4.69, 9.17) is 18.6 Å². The zero-order valence-corrected chi connectivity index (χ0v) is 25.2. The molecule has 0 amide bonds. The van der Waals surface area contributed by atoms with Gasteiger partial charge in [-0.3, -0.25) is 9.69 Å². The molecule has 4 fully saturated rings. The summed E-state index contributed by atoms with van der Waals surface area (Å²) < 4.78 is 21.4.